The van der Waals surface area contributed by atoms with E-state index in [0.29, 0.717) is 42.5 Å². The van der Waals surface area contributed by atoms with Crippen molar-refractivity contribution in [3.05, 3.63) is 15.5 Å². The van der Waals surface area contributed by atoms with Gasteiger partial charge < -0.3 is 36.2 Å². The van der Waals surface area contributed by atoms with Gasteiger partial charge in [-0.1, -0.05) is 45.3 Å². The maximum absolute atomic E-state index is 14.4. The van der Waals surface area contributed by atoms with Gasteiger partial charge in [0.15, 0.2) is 26.3 Å². The Kier molecular flexibility index (Phi) is 11.2. The van der Waals surface area contributed by atoms with Gasteiger partial charge in [0.2, 0.25) is 0 Å². The number of nitrogens with zero attached hydrogens (tertiary/aromatic N) is 8. The summed E-state index contributed by atoms with van der Waals surface area (Å²) in [4.78, 5) is 45.0. The van der Waals surface area contributed by atoms with Crippen molar-refractivity contribution in [3.63, 3.8) is 0 Å². The Labute approximate surface area is 298 Å². The summed E-state index contributed by atoms with van der Waals surface area (Å²) in [6.45, 7) is 22.8. The number of rotatable bonds is 16. The number of thiazole rings is 4. The minimum Gasteiger partial charge on any atom is -0.510 e. The van der Waals surface area contributed by atoms with E-state index in [2.05, 4.69) is 85.0 Å². The van der Waals surface area contributed by atoms with Crippen LogP contribution in [0, 0.1) is 0 Å². The number of allylic oxidation sites excluding steroid dienone is 2. The maximum Gasteiger partial charge on any atom is 0.187 e. The number of ketones is 1. The first-order valence-corrected chi connectivity index (χ1v) is 19.9. The molecule has 0 amide bonds. The Hall–Kier alpha value is -3.47. The first kappa shape index (κ1) is 35.8. The van der Waals surface area contributed by atoms with E-state index >= 15 is 0 Å². The van der Waals surface area contributed by atoms with Crippen LogP contribution < -0.4 is 31.1 Å². The fourth-order valence-electron chi connectivity index (χ4n) is 5.74. The molecule has 0 saturated carbocycles. The number of nitrogen functional groups attached to an aromatic ring is 2. The molecule has 5 rings (SSSR count). The van der Waals surface area contributed by atoms with Crippen LogP contribution in [-0.4, -0.2) is 83.2 Å². The molecule has 4 heterocycles. The van der Waals surface area contributed by atoms with Crippen molar-refractivity contribution < 1.29 is 9.90 Å². The highest BCUT2D eigenvalue weighted by Crippen LogP contribution is 2.54. The third kappa shape index (κ3) is 6.23. The van der Waals surface area contributed by atoms with Crippen molar-refractivity contribution in [1.29, 1.82) is 0 Å². The van der Waals surface area contributed by atoms with Crippen LogP contribution in [-0.2, 0) is 4.79 Å². The Morgan fingerprint density at radius 1 is 0.562 bits per heavy atom. The molecule has 1 atom stereocenters. The van der Waals surface area contributed by atoms with Crippen molar-refractivity contribution in [2.75, 3.05) is 83.4 Å². The molecule has 4 aromatic rings. The SMILES string of the molecule is CCN(CC)c1nc(-c2sc(N(CC)CC)nc2N)c(C2=C(O)C(c3sc(N(CC)CC)nc3-c3sc(N(CC)CC)nc3N)C2=O)s1. The fraction of sp³-hybridized carbons (Fsp3) is 0.531. The zero-order valence-corrected chi connectivity index (χ0v) is 32.2. The lowest BCUT2D eigenvalue weighted by Crippen LogP contribution is -2.28. The lowest BCUT2D eigenvalue weighted by Gasteiger charge is -2.27. The van der Waals surface area contributed by atoms with Crippen LogP contribution >= 0.6 is 45.3 Å². The van der Waals surface area contributed by atoms with Crippen LogP contribution in [0.3, 0.4) is 0 Å². The Bertz CT molecular complexity index is 1770. The molecule has 1 unspecified atom stereocenters. The molecule has 0 saturated heterocycles. The lowest BCUT2D eigenvalue weighted by molar-refractivity contribution is -0.116. The van der Waals surface area contributed by atoms with E-state index in [-0.39, 0.29) is 17.1 Å². The number of nitrogens with two attached hydrogens (primary N) is 2. The molecule has 5 N–H and O–H groups in total. The van der Waals surface area contributed by atoms with E-state index < -0.39 is 5.92 Å². The Morgan fingerprint density at radius 3 is 1.33 bits per heavy atom. The predicted molar refractivity (Wildman–Crippen MR) is 207 cm³/mol. The van der Waals surface area contributed by atoms with Gasteiger partial charge in [-0.15, -0.1) is 0 Å². The van der Waals surface area contributed by atoms with Gasteiger partial charge in [-0.25, -0.2) is 19.9 Å². The summed E-state index contributed by atoms with van der Waals surface area (Å²) >= 11 is 5.75. The summed E-state index contributed by atoms with van der Waals surface area (Å²) in [6, 6.07) is 0. The Balaban J connectivity index is 1.66. The van der Waals surface area contributed by atoms with Crippen LogP contribution in [0.1, 0.15) is 71.1 Å². The summed E-state index contributed by atoms with van der Waals surface area (Å²) in [7, 11) is 0. The summed E-state index contributed by atoms with van der Waals surface area (Å²) < 4.78 is 0. The molecule has 4 aromatic heterocycles. The molecule has 12 nitrogen and oxygen atoms in total. The highest BCUT2D eigenvalue weighted by atomic mass is 32.1. The number of hydrogen-bond donors (Lipinski definition) is 3. The quantitative estimate of drug-likeness (QED) is 0.108. The normalized spacial score (nSPS) is 14.5. The number of aromatic nitrogens is 4. The molecular weight excluding hydrogens is 685 g/mol. The van der Waals surface area contributed by atoms with Crippen LogP contribution in [0.2, 0.25) is 0 Å². The van der Waals surface area contributed by atoms with Gasteiger partial charge in [-0.2, -0.15) is 0 Å². The van der Waals surface area contributed by atoms with Crippen LogP contribution in [0.4, 0.5) is 32.2 Å². The molecule has 16 heteroatoms. The molecule has 0 bridgehead atoms. The molecular formula is C32H46N10O2S4. The summed E-state index contributed by atoms with van der Waals surface area (Å²) in [5.74, 6) is -0.314. The zero-order valence-electron chi connectivity index (χ0n) is 29.0. The highest BCUT2D eigenvalue weighted by molar-refractivity contribution is 7.21. The standard InChI is InChI=1S/C32H46N10O2S4/c1-9-39(10-2)29-35-19(25-27(33)37-31(47-25)41(13-5)14-6)23(45-29)17-21(43)18(22(17)44)24-20(36-30(46-24)40(11-3)12-4)26-28(34)38-32(48-26)42(15-7)16-8/h17,43H,9-16,33-34H2,1-8H3. The third-order valence-corrected chi connectivity index (χ3v) is 13.2. The topological polar surface area (TPSA) is 154 Å². The van der Waals surface area contributed by atoms with Gasteiger partial charge in [0, 0.05) is 52.4 Å². The summed E-state index contributed by atoms with van der Waals surface area (Å²) in [5.41, 5.74) is 14.5. The first-order chi connectivity index (χ1) is 23.1. The monoisotopic (exact) mass is 730 g/mol. The second-order valence-electron chi connectivity index (χ2n) is 11.1. The van der Waals surface area contributed by atoms with Crippen molar-refractivity contribution >= 4 is 88.9 Å². The number of anilines is 6. The van der Waals surface area contributed by atoms with Crippen LogP contribution in [0.15, 0.2) is 5.76 Å². The predicted octanol–water partition coefficient (Wildman–Crippen LogP) is 7.03. The maximum atomic E-state index is 14.4. The van der Waals surface area contributed by atoms with Gasteiger partial charge in [-0.05, 0) is 55.4 Å². The van der Waals surface area contributed by atoms with Crippen LogP contribution in [0.25, 0.3) is 26.7 Å². The molecule has 48 heavy (non-hydrogen) atoms. The smallest absolute Gasteiger partial charge is 0.187 e. The van der Waals surface area contributed by atoms with E-state index in [0.717, 1.165) is 72.9 Å². The van der Waals surface area contributed by atoms with E-state index in [1.165, 1.54) is 45.3 Å². The van der Waals surface area contributed by atoms with Crippen molar-refractivity contribution in [3.8, 4) is 21.1 Å². The summed E-state index contributed by atoms with van der Waals surface area (Å²) in [5, 5.41) is 15.0. The van der Waals surface area contributed by atoms with Crippen LogP contribution in [0.5, 0.6) is 0 Å². The largest absolute Gasteiger partial charge is 0.510 e. The highest BCUT2D eigenvalue weighted by Gasteiger charge is 2.47. The minimum absolute atomic E-state index is 0.00565. The van der Waals surface area contributed by atoms with Gasteiger partial charge in [0.05, 0.1) is 20.2 Å². The number of hydrogen-bond acceptors (Lipinski definition) is 16. The van der Waals surface area contributed by atoms with E-state index in [1.54, 1.807) is 0 Å². The Morgan fingerprint density at radius 2 is 0.917 bits per heavy atom. The number of Topliss-reactive ketones (excluding diaryl/α,β-unsaturated/α-hetero) is 1. The van der Waals surface area contributed by atoms with Gasteiger partial charge in [0.1, 0.15) is 39.6 Å². The van der Waals surface area contributed by atoms with E-state index in [4.69, 9.17) is 21.4 Å². The number of aliphatic hydroxyl groups is 1. The molecule has 0 fully saturated rings. The molecule has 1 aliphatic rings. The lowest BCUT2D eigenvalue weighted by atomic mass is 9.79. The van der Waals surface area contributed by atoms with E-state index in [9.17, 15) is 9.90 Å². The number of carbonyl (C=O) groups excluding carboxylic acids is 1. The first-order valence-electron chi connectivity index (χ1n) is 16.6. The average molecular weight is 731 g/mol. The van der Waals surface area contributed by atoms with Gasteiger partial charge >= 0.3 is 0 Å². The molecule has 1 aliphatic carbocycles. The second kappa shape index (κ2) is 15.0. The minimum atomic E-state index is -0.868. The molecule has 260 valence electrons. The fourth-order valence-corrected chi connectivity index (χ4v) is 10.7. The average Bonchev–Trinajstić information content (AvgIpc) is 3.86. The van der Waals surface area contributed by atoms with Gasteiger partial charge in [-0.3, -0.25) is 4.79 Å². The third-order valence-electron chi connectivity index (χ3n) is 8.64. The second-order valence-corrected chi connectivity index (χ2v) is 15.0. The number of aliphatic hydroxyl groups excluding tert-OH is 1. The summed E-state index contributed by atoms with van der Waals surface area (Å²) in [6.07, 6.45) is 0. The molecule has 0 spiro atoms. The van der Waals surface area contributed by atoms with E-state index in [1.807, 2.05) is 0 Å². The zero-order chi connectivity index (χ0) is 34.9. The van der Waals surface area contributed by atoms with Gasteiger partial charge in [0.25, 0.3) is 0 Å². The molecule has 0 aliphatic heterocycles. The number of carbonyl (C=O) groups is 1. The van der Waals surface area contributed by atoms with Crippen molar-refractivity contribution in [2.45, 2.75) is 61.3 Å². The van der Waals surface area contributed by atoms with Crippen molar-refractivity contribution in [1.82, 2.24) is 19.9 Å². The van der Waals surface area contributed by atoms with Crippen molar-refractivity contribution in [2.24, 2.45) is 0 Å². The molecule has 0 aromatic carbocycles. The molecule has 0 radical (unpaired) electrons.